The number of halogens is 4. The van der Waals surface area contributed by atoms with Crippen LogP contribution in [0.1, 0.15) is 18.9 Å². The highest BCUT2D eigenvalue weighted by atomic mass is 35.5. The van der Waals surface area contributed by atoms with Gasteiger partial charge in [0.1, 0.15) is 11.9 Å². The van der Waals surface area contributed by atoms with Gasteiger partial charge < -0.3 is 10.0 Å². The van der Waals surface area contributed by atoms with E-state index in [0.717, 1.165) is 6.07 Å². The summed E-state index contributed by atoms with van der Waals surface area (Å²) in [4.78, 5) is 15.8. The molecule has 19 heavy (non-hydrogen) atoms. The minimum atomic E-state index is -4.54. The molecule has 1 heterocycles. The minimum Gasteiger partial charge on any atom is -0.480 e. The topological polar surface area (TPSA) is 53.4 Å². The van der Waals surface area contributed by atoms with Crippen LogP contribution in [0.3, 0.4) is 0 Å². The molecule has 106 valence electrons. The van der Waals surface area contributed by atoms with Crippen molar-refractivity contribution in [2.45, 2.75) is 25.6 Å². The number of pyridine rings is 1. The van der Waals surface area contributed by atoms with Crippen LogP contribution in [0.4, 0.5) is 19.0 Å². The zero-order valence-electron chi connectivity index (χ0n) is 10.2. The molecule has 0 fully saturated rings. The number of carboxylic acid groups (broad SMARTS) is 1. The average Bonchev–Trinajstić information content (AvgIpc) is 2.27. The molecule has 0 aromatic carbocycles. The van der Waals surface area contributed by atoms with Crippen LogP contribution in [-0.4, -0.2) is 29.1 Å². The van der Waals surface area contributed by atoms with Crippen LogP contribution < -0.4 is 4.90 Å². The minimum absolute atomic E-state index is 0.00363. The summed E-state index contributed by atoms with van der Waals surface area (Å²) in [6.07, 6.45) is -3.64. The maximum Gasteiger partial charge on any atom is 0.417 e. The van der Waals surface area contributed by atoms with Gasteiger partial charge in [0.05, 0.1) is 10.6 Å². The first-order chi connectivity index (χ1) is 8.68. The van der Waals surface area contributed by atoms with Crippen LogP contribution in [0.5, 0.6) is 0 Å². The molecule has 0 aliphatic carbocycles. The highest BCUT2D eigenvalue weighted by Gasteiger charge is 2.32. The Morgan fingerprint density at radius 1 is 1.58 bits per heavy atom. The van der Waals surface area contributed by atoms with E-state index in [-0.39, 0.29) is 17.3 Å². The highest BCUT2D eigenvalue weighted by Crippen LogP contribution is 2.33. The molecule has 1 atom stereocenters. The molecule has 1 N–H and O–H groups in total. The number of aliphatic carboxylic acids is 1. The van der Waals surface area contributed by atoms with Gasteiger partial charge in [-0.3, -0.25) is 0 Å². The van der Waals surface area contributed by atoms with E-state index in [4.69, 9.17) is 16.7 Å². The van der Waals surface area contributed by atoms with Gasteiger partial charge in [-0.25, -0.2) is 9.78 Å². The number of anilines is 1. The van der Waals surface area contributed by atoms with E-state index in [1.54, 1.807) is 6.92 Å². The molecule has 8 heteroatoms. The van der Waals surface area contributed by atoms with Crippen molar-refractivity contribution < 1.29 is 23.1 Å². The lowest BCUT2D eigenvalue weighted by Gasteiger charge is -2.25. The SMILES string of the molecule is CCC(C(=O)O)N(C)c1ncc(C(F)(F)F)cc1Cl. The van der Waals surface area contributed by atoms with E-state index in [1.165, 1.54) is 11.9 Å². The fourth-order valence-electron chi connectivity index (χ4n) is 1.61. The lowest BCUT2D eigenvalue weighted by molar-refractivity contribution is -0.139. The van der Waals surface area contributed by atoms with E-state index < -0.39 is 23.8 Å². The molecule has 1 unspecified atom stereocenters. The van der Waals surface area contributed by atoms with Crippen molar-refractivity contribution in [2.75, 3.05) is 11.9 Å². The van der Waals surface area contributed by atoms with Crippen LogP contribution >= 0.6 is 11.6 Å². The number of likely N-dealkylation sites (N-methyl/N-ethyl adjacent to an activating group) is 1. The van der Waals surface area contributed by atoms with Crippen molar-refractivity contribution >= 4 is 23.4 Å². The number of hydrogen-bond acceptors (Lipinski definition) is 3. The van der Waals surface area contributed by atoms with E-state index >= 15 is 0 Å². The number of aromatic nitrogens is 1. The Morgan fingerprint density at radius 2 is 2.16 bits per heavy atom. The molecular formula is C11H12ClF3N2O2. The molecule has 0 aliphatic rings. The molecule has 0 radical (unpaired) electrons. The Labute approximate surface area is 112 Å². The molecule has 0 saturated carbocycles. The van der Waals surface area contributed by atoms with E-state index in [0.29, 0.717) is 6.20 Å². The Kier molecular flexibility index (Phi) is 4.62. The number of alkyl halides is 3. The normalized spacial score (nSPS) is 13.2. The van der Waals surface area contributed by atoms with E-state index in [2.05, 4.69) is 4.98 Å². The quantitative estimate of drug-likeness (QED) is 0.928. The summed E-state index contributed by atoms with van der Waals surface area (Å²) in [7, 11) is 1.42. The van der Waals surface area contributed by atoms with Gasteiger partial charge in [0, 0.05) is 13.2 Å². The van der Waals surface area contributed by atoms with Crippen molar-refractivity contribution in [1.29, 1.82) is 0 Å². The van der Waals surface area contributed by atoms with Gasteiger partial charge in [0.25, 0.3) is 0 Å². The zero-order valence-corrected chi connectivity index (χ0v) is 11.0. The van der Waals surface area contributed by atoms with Gasteiger partial charge >= 0.3 is 12.1 Å². The third-order valence-corrected chi connectivity index (χ3v) is 2.90. The maximum atomic E-state index is 12.4. The molecule has 4 nitrogen and oxygen atoms in total. The third kappa shape index (κ3) is 3.50. The zero-order chi connectivity index (χ0) is 14.8. The predicted molar refractivity (Wildman–Crippen MR) is 64.4 cm³/mol. The molecule has 0 aliphatic heterocycles. The van der Waals surface area contributed by atoms with Crippen molar-refractivity contribution in [1.82, 2.24) is 4.98 Å². The van der Waals surface area contributed by atoms with Gasteiger partial charge in [0.15, 0.2) is 0 Å². The molecule has 0 amide bonds. The Morgan fingerprint density at radius 3 is 2.53 bits per heavy atom. The molecule has 0 bridgehead atoms. The van der Waals surface area contributed by atoms with Crippen molar-refractivity contribution in [3.05, 3.63) is 22.8 Å². The standard InChI is InChI=1S/C11H12ClF3N2O2/c1-3-8(10(18)19)17(2)9-7(12)4-6(5-16-9)11(13,14)15/h4-5,8H,3H2,1-2H3,(H,18,19). The highest BCUT2D eigenvalue weighted by molar-refractivity contribution is 6.33. The van der Waals surface area contributed by atoms with Crippen molar-refractivity contribution in [3.8, 4) is 0 Å². The molecule has 1 aromatic rings. The Hall–Kier alpha value is -1.50. The fourth-order valence-corrected chi connectivity index (χ4v) is 1.91. The maximum absolute atomic E-state index is 12.4. The molecular weight excluding hydrogens is 285 g/mol. The van der Waals surface area contributed by atoms with E-state index in [9.17, 15) is 18.0 Å². The molecule has 0 saturated heterocycles. The lowest BCUT2D eigenvalue weighted by Crippen LogP contribution is -2.38. The Balaban J connectivity index is 3.12. The van der Waals surface area contributed by atoms with Gasteiger partial charge in [-0.15, -0.1) is 0 Å². The van der Waals surface area contributed by atoms with Crippen molar-refractivity contribution in [3.63, 3.8) is 0 Å². The second-order valence-electron chi connectivity index (χ2n) is 3.90. The summed E-state index contributed by atoms with van der Waals surface area (Å²) >= 11 is 5.74. The summed E-state index contributed by atoms with van der Waals surface area (Å²) in [6.45, 7) is 1.65. The second-order valence-corrected chi connectivity index (χ2v) is 4.31. The summed E-state index contributed by atoms with van der Waals surface area (Å²) in [6, 6.07) is -0.170. The summed E-state index contributed by atoms with van der Waals surface area (Å²) < 4.78 is 37.3. The third-order valence-electron chi connectivity index (χ3n) is 2.62. The number of hydrogen-bond donors (Lipinski definition) is 1. The second kappa shape index (κ2) is 5.64. The first kappa shape index (κ1) is 15.6. The van der Waals surface area contributed by atoms with Crippen LogP contribution in [0.2, 0.25) is 5.02 Å². The molecule has 0 spiro atoms. The molecule has 1 rings (SSSR count). The smallest absolute Gasteiger partial charge is 0.417 e. The Bertz CT molecular complexity index is 479. The number of carbonyl (C=O) groups is 1. The predicted octanol–water partition coefficient (Wildman–Crippen LogP) is 3.05. The van der Waals surface area contributed by atoms with E-state index in [1.807, 2.05) is 0 Å². The summed E-state index contributed by atoms with van der Waals surface area (Å²) in [5.41, 5.74) is -0.974. The van der Waals surface area contributed by atoms with Crippen molar-refractivity contribution in [2.24, 2.45) is 0 Å². The van der Waals surface area contributed by atoms with Gasteiger partial charge in [-0.1, -0.05) is 18.5 Å². The lowest BCUT2D eigenvalue weighted by atomic mass is 10.2. The van der Waals surface area contributed by atoms with Crippen LogP contribution in [0, 0.1) is 0 Å². The first-order valence-electron chi connectivity index (χ1n) is 5.36. The fraction of sp³-hybridized carbons (Fsp3) is 0.455. The first-order valence-corrected chi connectivity index (χ1v) is 5.74. The average molecular weight is 297 g/mol. The number of rotatable bonds is 4. The van der Waals surface area contributed by atoms with Gasteiger partial charge in [-0.05, 0) is 12.5 Å². The summed E-state index contributed by atoms with van der Waals surface area (Å²) in [5, 5.41) is 8.75. The van der Waals surface area contributed by atoms with Crippen LogP contribution in [0.15, 0.2) is 12.3 Å². The summed E-state index contributed by atoms with van der Waals surface area (Å²) in [5.74, 6) is -1.09. The van der Waals surface area contributed by atoms with Crippen LogP contribution in [-0.2, 0) is 11.0 Å². The number of carboxylic acids is 1. The van der Waals surface area contributed by atoms with Crippen LogP contribution in [0.25, 0.3) is 0 Å². The monoisotopic (exact) mass is 296 g/mol. The largest absolute Gasteiger partial charge is 0.480 e. The number of nitrogens with zero attached hydrogens (tertiary/aromatic N) is 2. The van der Waals surface area contributed by atoms with Gasteiger partial charge in [-0.2, -0.15) is 13.2 Å². The van der Waals surface area contributed by atoms with Gasteiger partial charge in [0.2, 0.25) is 0 Å². The molecule has 1 aromatic heterocycles.